The predicted molar refractivity (Wildman–Crippen MR) is 84.2 cm³/mol. The van der Waals surface area contributed by atoms with Crippen molar-refractivity contribution in [1.82, 2.24) is 14.8 Å². The Balaban J connectivity index is 2.13. The maximum atomic E-state index is 10.4. The van der Waals surface area contributed by atoms with Crippen LogP contribution in [0.1, 0.15) is 63.7 Å². The van der Waals surface area contributed by atoms with Crippen LogP contribution in [0.2, 0.25) is 0 Å². The average Bonchev–Trinajstić information content (AvgIpc) is 2.86. The van der Waals surface area contributed by atoms with E-state index >= 15 is 0 Å². The van der Waals surface area contributed by atoms with E-state index in [0.717, 1.165) is 11.4 Å². The molecule has 21 heavy (non-hydrogen) atoms. The van der Waals surface area contributed by atoms with Gasteiger partial charge in [0.05, 0.1) is 6.10 Å². The van der Waals surface area contributed by atoms with Gasteiger partial charge in [0, 0.05) is 12.5 Å². The molecule has 4 heteroatoms. The Bertz CT molecular complexity index is 579. The molecular formula is C17H25N3O. The fourth-order valence-corrected chi connectivity index (χ4v) is 2.35. The van der Waals surface area contributed by atoms with Gasteiger partial charge in [-0.15, -0.1) is 0 Å². The van der Waals surface area contributed by atoms with Gasteiger partial charge < -0.3 is 5.11 Å². The lowest BCUT2D eigenvalue weighted by atomic mass is 9.86. The fourth-order valence-electron chi connectivity index (χ4n) is 2.35. The van der Waals surface area contributed by atoms with Crippen molar-refractivity contribution in [2.45, 2.75) is 58.6 Å². The fraction of sp³-hybridized carbons (Fsp3) is 0.529. The van der Waals surface area contributed by atoms with Crippen LogP contribution in [0.25, 0.3) is 0 Å². The van der Waals surface area contributed by atoms with Crippen molar-refractivity contribution in [3.63, 3.8) is 0 Å². The third-order valence-corrected chi connectivity index (χ3v) is 3.67. The molecule has 0 fully saturated rings. The van der Waals surface area contributed by atoms with Gasteiger partial charge in [-0.25, -0.2) is 9.67 Å². The molecule has 1 unspecified atom stereocenters. The van der Waals surface area contributed by atoms with Crippen molar-refractivity contribution in [2.75, 3.05) is 0 Å². The SMILES string of the molecule is CC(C)n1ncnc1CC(O)c1ccc(C(C)(C)C)cc1. The molecule has 1 N–H and O–H groups in total. The van der Waals surface area contributed by atoms with Crippen LogP contribution in [-0.4, -0.2) is 19.9 Å². The Kier molecular flexibility index (Phi) is 4.47. The van der Waals surface area contributed by atoms with Crippen LogP contribution < -0.4 is 0 Å². The summed E-state index contributed by atoms with van der Waals surface area (Å²) in [5.41, 5.74) is 2.31. The van der Waals surface area contributed by atoms with Crippen LogP contribution >= 0.6 is 0 Å². The van der Waals surface area contributed by atoms with Crippen molar-refractivity contribution in [2.24, 2.45) is 0 Å². The van der Waals surface area contributed by atoms with Crippen molar-refractivity contribution < 1.29 is 5.11 Å². The largest absolute Gasteiger partial charge is 0.388 e. The Morgan fingerprint density at radius 2 is 1.76 bits per heavy atom. The second kappa shape index (κ2) is 5.98. The van der Waals surface area contributed by atoms with Gasteiger partial charge in [0.2, 0.25) is 0 Å². The highest BCUT2D eigenvalue weighted by Crippen LogP contribution is 2.25. The number of benzene rings is 1. The first kappa shape index (κ1) is 15.7. The molecule has 1 heterocycles. The van der Waals surface area contributed by atoms with E-state index in [1.54, 1.807) is 6.33 Å². The third-order valence-electron chi connectivity index (χ3n) is 3.67. The molecule has 0 spiro atoms. The number of aliphatic hydroxyl groups excluding tert-OH is 1. The molecule has 0 saturated heterocycles. The summed E-state index contributed by atoms with van der Waals surface area (Å²) in [6.07, 6.45) is 1.47. The molecule has 0 radical (unpaired) electrons. The molecule has 0 aliphatic rings. The van der Waals surface area contributed by atoms with E-state index in [4.69, 9.17) is 0 Å². The minimum Gasteiger partial charge on any atom is -0.388 e. The highest BCUT2D eigenvalue weighted by molar-refractivity contribution is 5.29. The second-order valence-corrected chi connectivity index (χ2v) is 6.81. The van der Waals surface area contributed by atoms with Crippen molar-refractivity contribution >= 4 is 0 Å². The number of hydrogen-bond acceptors (Lipinski definition) is 3. The Morgan fingerprint density at radius 1 is 1.14 bits per heavy atom. The zero-order valence-electron chi connectivity index (χ0n) is 13.5. The highest BCUT2D eigenvalue weighted by atomic mass is 16.3. The van der Waals surface area contributed by atoms with Gasteiger partial charge in [-0.2, -0.15) is 5.10 Å². The lowest BCUT2D eigenvalue weighted by Crippen LogP contribution is -2.13. The summed E-state index contributed by atoms with van der Waals surface area (Å²) in [6.45, 7) is 10.7. The summed E-state index contributed by atoms with van der Waals surface area (Å²) in [5, 5.41) is 14.6. The van der Waals surface area contributed by atoms with Crippen LogP contribution in [0.15, 0.2) is 30.6 Å². The number of nitrogens with zero attached hydrogens (tertiary/aromatic N) is 3. The lowest BCUT2D eigenvalue weighted by Gasteiger charge is -2.20. The zero-order valence-corrected chi connectivity index (χ0v) is 13.5. The first-order valence-corrected chi connectivity index (χ1v) is 7.46. The standard InChI is InChI=1S/C17H25N3O/c1-12(2)20-16(18-11-19-20)10-15(21)13-6-8-14(9-7-13)17(3,4)5/h6-9,11-12,15,21H,10H2,1-5H3. The Morgan fingerprint density at radius 3 is 2.29 bits per heavy atom. The molecular weight excluding hydrogens is 262 g/mol. The maximum absolute atomic E-state index is 10.4. The third kappa shape index (κ3) is 3.70. The minimum atomic E-state index is -0.555. The lowest BCUT2D eigenvalue weighted by molar-refractivity contribution is 0.173. The summed E-state index contributed by atoms with van der Waals surface area (Å²) in [6, 6.07) is 8.43. The topological polar surface area (TPSA) is 50.9 Å². The molecule has 0 saturated carbocycles. The minimum absolute atomic E-state index is 0.126. The van der Waals surface area contributed by atoms with E-state index in [9.17, 15) is 5.11 Å². The van der Waals surface area contributed by atoms with Crippen LogP contribution in [0.5, 0.6) is 0 Å². The van der Waals surface area contributed by atoms with Gasteiger partial charge >= 0.3 is 0 Å². The monoisotopic (exact) mass is 287 g/mol. The van der Waals surface area contributed by atoms with Crippen LogP contribution in [0.4, 0.5) is 0 Å². The molecule has 1 atom stereocenters. The Hall–Kier alpha value is -1.68. The molecule has 114 valence electrons. The van der Waals surface area contributed by atoms with Crippen LogP contribution in [0, 0.1) is 0 Å². The first-order chi connectivity index (χ1) is 9.79. The maximum Gasteiger partial charge on any atom is 0.138 e. The van der Waals surface area contributed by atoms with E-state index < -0.39 is 6.10 Å². The normalized spacial score (nSPS) is 13.7. The molecule has 1 aromatic carbocycles. The van der Waals surface area contributed by atoms with E-state index in [-0.39, 0.29) is 11.5 Å². The zero-order chi connectivity index (χ0) is 15.6. The summed E-state index contributed by atoms with van der Waals surface area (Å²) in [4.78, 5) is 4.25. The number of aliphatic hydroxyl groups is 1. The summed E-state index contributed by atoms with van der Waals surface area (Å²) < 4.78 is 1.85. The summed E-state index contributed by atoms with van der Waals surface area (Å²) in [7, 11) is 0. The molecule has 0 aliphatic heterocycles. The molecule has 0 bridgehead atoms. The van der Waals surface area contributed by atoms with Crippen molar-refractivity contribution in [3.8, 4) is 0 Å². The number of hydrogen-bond donors (Lipinski definition) is 1. The number of rotatable bonds is 4. The Labute approximate surface area is 126 Å². The molecule has 2 aromatic rings. The van der Waals surface area contributed by atoms with Crippen LogP contribution in [0.3, 0.4) is 0 Å². The quantitative estimate of drug-likeness (QED) is 0.937. The molecule has 2 rings (SSSR count). The van der Waals surface area contributed by atoms with Gasteiger partial charge in [0.25, 0.3) is 0 Å². The highest BCUT2D eigenvalue weighted by Gasteiger charge is 2.17. The molecule has 1 aromatic heterocycles. The molecule has 0 aliphatic carbocycles. The van der Waals surface area contributed by atoms with Crippen LogP contribution in [-0.2, 0) is 11.8 Å². The predicted octanol–water partition coefficient (Wildman–Crippen LogP) is 3.43. The van der Waals surface area contributed by atoms with E-state index in [1.807, 2.05) is 16.8 Å². The van der Waals surface area contributed by atoms with Gasteiger partial charge in [0.1, 0.15) is 12.2 Å². The molecule has 4 nitrogen and oxygen atoms in total. The van der Waals surface area contributed by atoms with Crippen molar-refractivity contribution in [1.29, 1.82) is 0 Å². The smallest absolute Gasteiger partial charge is 0.138 e. The summed E-state index contributed by atoms with van der Waals surface area (Å²) in [5.74, 6) is 0.817. The van der Waals surface area contributed by atoms with Gasteiger partial charge in [-0.1, -0.05) is 45.0 Å². The second-order valence-electron chi connectivity index (χ2n) is 6.81. The van der Waals surface area contributed by atoms with Gasteiger partial charge in [-0.05, 0) is 30.4 Å². The van der Waals surface area contributed by atoms with E-state index in [0.29, 0.717) is 6.42 Å². The van der Waals surface area contributed by atoms with E-state index in [2.05, 4.69) is 56.8 Å². The summed E-state index contributed by atoms with van der Waals surface area (Å²) >= 11 is 0. The van der Waals surface area contributed by atoms with Crippen molar-refractivity contribution in [3.05, 3.63) is 47.5 Å². The average molecular weight is 287 g/mol. The molecule has 0 amide bonds. The number of aromatic nitrogens is 3. The first-order valence-electron chi connectivity index (χ1n) is 7.46. The van der Waals surface area contributed by atoms with Gasteiger partial charge in [0.15, 0.2) is 0 Å². The van der Waals surface area contributed by atoms with Gasteiger partial charge in [-0.3, -0.25) is 0 Å². The van der Waals surface area contributed by atoms with E-state index in [1.165, 1.54) is 5.56 Å².